The molecule has 6 fully saturated rings. The van der Waals surface area contributed by atoms with Crippen LogP contribution in [0.15, 0.2) is 11.6 Å². The minimum absolute atomic E-state index is 0.0292. The maximum absolute atomic E-state index is 13.2. The van der Waals surface area contributed by atoms with Crippen LogP contribution in [0.25, 0.3) is 0 Å². The first kappa shape index (κ1) is 36.3. The van der Waals surface area contributed by atoms with E-state index in [1.165, 1.54) is 5.57 Å². The van der Waals surface area contributed by atoms with Crippen LogP contribution >= 0.6 is 0 Å². The van der Waals surface area contributed by atoms with E-state index >= 15 is 0 Å². The topological polar surface area (TPSA) is 177 Å². The van der Waals surface area contributed by atoms with Gasteiger partial charge in [-0.25, -0.2) is 0 Å². The Morgan fingerprint density at radius 1 is 0.837 bits per heavy atom. The number of carboxylic acid groups (broad SMARTS) is 1. The first-order valence-electron chi connectivity index (χ1n) is 19.1. The number of hydrogen-bond acceptors (Lipinski definition) is 9. The molecule has 0 aromatic carbocycles. The van der Waals surface area contributed by atoms with E-state index in [0.29, 0.717) is 32.1 Å². The van der Waals surface area contributed by atoms with Crippen molar-refractivity contribution in [2.24, 2.45) is 55.7 Å². The maximum Gasteiger partial charge on any atom is 0.310 e. The molecule has 1 spiro atoms. The summed E-state index contributed by atoms with van der Waals surface area (Å²) in [7, 11) is 0. The molecule has 0 unspecified atom stereocenters. The number of aliphatic hydroxyl groups excluding tert-OH is 6. The lowest BCUT2D eigenvalue weighted by Gasteiger charge is -2.76. The number of rotatable bonds is 5. The van der Waals surface area contributed by atoms with E-state index < -0.39 is 53.6 Å². The molecule has 7 aliphatic rings. The average molecular weight is 691 g/mol. The normalized spacial score (nSPS) is 55.1. The standard InChI is InChI=1S/C39H62O10/c1-33(20-40)12-14-39(32(46)47)15-13-36(4)22(23(39)16-33)8-9-26-34(2)17-24(42)30(49-31-29(45)28(44)25(43)19-48-31)35(3,21-41)27(34)18-38(37(26,36)5)10-6-7-11-38/h8,23-31,40-45H,6-7,9-21H2,1-5H3,(H,46,47)/t23-,24+,25+,26+,27-,28-,29+,30+,31-,33-,34+,35-,36+,37+,39-/m0/s1. The molecule has 0 aromatic rings. The van der Waals surface area contributed by atoms with Crippen molar-refractivity contribution in [3.63, 3.8) is 0 Å². The molecule has 15 atom stereocenters. The Bertz CT molecular complexity index is 1350. The Hall–Kier alpha value is -1.11. The summed E-state index contributed by atoms with van der Waals surface area (Å²) in [5.74, 6) is -0.706. The molecule has 1 heterocycles. The summed E-state index contributed by atoms with van der Waals surface area (Å²) < 4.78 is 12.0. The molecular weight excluding hydrogens is 628 g/mol. The summed E-state index contributed by atoms with van der Waals surface area (Å²) in [4.78, 5) is 13.2. The van der Waals surface area contributed by atoms with Crippen molar-refractivity contribution in [2.75, 3.05) is 19.8 Å². The number of aliphatic hydroxyl groups is 6. The molecule has 1 saturated heterocycles. The molecule has 278 valence electrons. The summed E-state index contributed by atoms with van der Waals surface area (Å²) in [5, 5.41) is 75.9. The van der Waals surface area contributed by atoms with Crippen molar-refractivity contribution in [3.05, 3.63) is 11.6 Å². The van der Waals surface area contributed by atoms with Crippen LogP contribution < -0.4 is 0 Å². The van der Waals surface area contributed by atoms with Crippen LogP contribution in [-0.4, -0.2) is 98.3 Å². The van der Waals surface area contributed by atoms with Crippen LogP contribution in [0.2, 0.25) is 0 Å². The Kier molecular flexibility index (Phi) is 8.65. The molecule has 0 amide bonds. The van der Waals surface area contributed by atoms with Crippen LogP contribution in [-0.2, 0) is 14.3 Å². The molecule has 10 nitrogen and oxygen atoms in total. The third-order valence-corrected chi connectivity index (χ3v) is 17.2. The van der Waals surface area contributed by atoms with Crippen LogP contribution in [0.1, 0.15) is 112 Å². The largest absolute Gasteiger partial charge is 0.481 e. The quantitative estimate of drug-likeness (QED) is 0.166. The number of carbonyl (C=O) groups is 1. The molecule has 1 aliphatic heterocycles. The van der Waals surface area contributed by atoms with E-state index in [0.717, 1.165) is 44.9 Å². The zero-order valence-electron chi connectivity index (χ0n) is 30.2. The maximum atomic E-state index is 13.2. The summed E-state index contributed by atoms with van der Waals surface area (Å²) >= 11 is 0. The van der Waals surface area contributed by atoms with E-state index in [2.05, 4.69) is 33.8 Å². The SMILES string of the molecule is C[C@]1(CO)CC[C@]2(C(=O)O)CC[C@]3(C)C(=CC[C@@H]4[C@@]5(C)C[C@@H](O)[C@@H](O[C@@H]6OC[C@@H](O)[C@H](O)[C@H]6O)[C@@](C)(CO)[C@H]5CC5(CCCC5)[C@]43C)[C@@H]2C1. The Morgan fingerprint density at radius 2 is 1.51 bits per heavy atom. The third-order valence-electron chi connectivity index (χ3n) is 17.2. The molecule has 7 N–H and O–H groups in total. The van der Waals surface area contributed by atoms with Gasteiger partial charge in [0.2, 0.25) is 0 Å². The fraction of sp³-hybridized carbons (Fsp3) is 0.923. The van der Waals surface area contributed by atoms with E-state index in [-0.39, 0.29) is 64.6 Å². The van der Waals surface area contributed by atoms with E-state index in [9.17, 15) is 40.5 Å². The van der Waals surface area contributed by atoms with Gasteiger partial charge in [-0.05, 0) is 109 Å². The first-order valence-corrected chi connectivity index (χ1v) is 19.1. The van der Waals surface area contributed by atoms with Crippen molar-refractivity contribution in [1.29, 1.82) is 0 Å². The number of carboxylic acids is 1. The van der Waals surface area contributed by atoms with Gasteiger partial charge in [0.1, 0.15) is 18.3 Å². The molecule has 0 bridgehead atoms. The van der Waals surface area contributed by atoms with Gasteiger partial charge >= 0.3 is 5.97 Å². The van der Waals surface area contributed by atoms with Crippen LogP contribution in [0, 0.1) is 55.7 Å². The smallest absolute Gasteiger partial charge is 0.310 e. The Morgan fingerprint density at radius 3 is 2.14 bits per heavy atom. The number of fused-ring (bicyclic) bond motifs is 8. The zero-order valence-corrected chi connectivity index (χ0v) is 30.2. The number of hydrogen-bond donors (Lipinski definition) is 7. The van der Waals surface area contributed by atoms with Crippen molar-refractivity contribution >= 4 is 5.97 Å². The Labute approximate surface area is 291 Å². The van der Waals surface area contributed by atoms with Crippen molar-refractivity contribution in [1.82, 2.24) is 0 Å². The van der Waals surface area contributed by atoms with Gasteiger partial charge in [0.15, 0.2) is 6.29 Å². The van der Waals surface area contributed by atoms with Gasteiger partial charge in [0.25, 0.3) is 0 Å². The highest BCUT2D eigenvalue weighted by Crippen LogP contribution is 2.82. The highest BCUT2D eigenvalue weighted by Gasteiger charge is 2.76. The van der Waals surface area contributed by atoms with Gasteiger partial charge in [-0.3, -0.25) is 4.79 Å². The lowest BCUT2D eigenvalue weighted by Crippen LogP contribution is -2.73. The predicted molar refractivity (Wildman–Crippen MR) is 180 cm³/mol. The zero-order chi connectivity index (χ0) is 35.6. The fourth-order valence-electron chi connectivity index (χ4n) is 14.2. The number of ether oxygens (including phenoxy) is 2. The molecular formula is C39H62O10. The second-order valence-electron chi connectivity index (χ2n) is 19.2. The molecule has 7 rings (SSSR count). The molecule has 0 radical (unpaired) electrons. The van der Waals surface area contributed by atoms with Crippen molar-refractivity contribution < 1.29 is 50.0 Å². The number of aliphatic carboxylic acids is 1. The highest BCUT2D eigenvalue weighted by molar-refractivity contribution is 5.76. The number of allylic oxidation sites excluding steroid dienone is 2. The highest BCUT2D eigenvalue weighted by atomic mass is 16.7. The summed E-state index contributed by atoms with van der Waals surface area (Å²) in [5.41, 5.74) is -1.66. The Balaban J connectivity index is 1.32. The molecule has 6 aliphatic carbocycles. The molecule has 49 heavy (non-hydrogen) atoms. The lowest BCUT2D eigenvalue weighted by molar-refractivity contribution is -0.337. The van der Waals surface area contributed by atoms with E-state index in [1.54, 1.807) is 0 Å². The van der Waals surface area contributed by atoms with Crippen LogP contribution in [0.4, 0.5) is 0 Å². The summed E-state index contributed by atoms with van der Waals surface area (Å²) in [6.45, 7) is 11.0. The van der Waals surface area contributed by atoms with E-state index in [4.69, 9.17) is 9.47 Å². The van der Waals surface area contributed by atoms with Crippen LogP contribution in [0.3, 0.4) is 0 Å². The second-order valence-corrected chi connectivity index (χ2v) is 19.2. The molecule has 5 saturated carbocycles. The molecule has 10 heteroatoms. The third kappa shape index (κ3) is 4.63. The van der Waals surface area contributed by atoms with Crippen molar-refractivity contribution in [3.8, 4) is 0 Å². The fourth-order valence-corrected chi connectivity index (χ4v) is 14.2. The van der Waals surface area contributed by atoms with Crippen LogP contribution in [0.5, 0.6) is 0 Å². The molecule has 0 aromatic heterocycles. The second kappa shape index (κ2) is 11.7. The lowest BCUT2D eigenvalue weighted by atomic mass is 9.28. The monoisotopic (exact) mass is 690 g/mol. The average Bonchev–Trinajstić information content (AvgIpc) is 3.55. The first-order chi connectivity index (χ1) is 22.9. The summed E-state index contributed by atoms with van der Waals surface area (Å²) in [6.07, 6.45) is 4.90. The van der Waals surface area contributed by atoms with Gasteiger partial charge in [-0.15, -0.1) is 0 Å². The van der Waals surface area contributed by atoms with Gasteiger partial charge < -0.3 is 45.2 Å². The van der Waals surface area contributed by atoms with Gasteiger partial charge in [0, 0.05) is 12.0 Å². The van der Waals surface area contributed by atoms with Gasteiger partial charge in [0.05, 0.1) is 30.8 Å². The van der Waals surface area contributed by atoms with Crippen molar-refractivity contribution in [2.45, 2.75) is 148 Å². The minimum Gasteiger partial charge on any atom is -0.481 e. The van der Waals surface area contributed by atoms with E-state index in [1.807, 2.05) is 6.92 Å². The van der Waals surface area contributed by atoms with Gasteiger partial charge in [-0.1, -0.05) is 59.1 Å². The van der Waals surface area contributed by atoms with Gasteiger partial charge in [-0.2, -0.15) is 0 Å². The summed E-state index contributed by atoms with van der Waals surface area (Å²) in [6, 6.07) is 0. The minimum atomic E-state index is -1.50. The predicted octanol–water partition coefficient (Wildman–Crippen LogP) is 3.78.